The van der Waals surface area contributed by atoms with Crippen LogP contribution in [-0.2, 0) is 0 Å². The van der Waals surface area contributed by atoms with Gasteiger partial charge in [0, 0.05) is 33.4 Å². The van der Waals surface area contributed by atoms with Gasteiger partial charge in [-0.05, 0) is 79.8 Å². The van der Waals surface area contributed by atoms with Gasteiger partial charge >= 0.3 is 0 Å². The van der Waals surface area contributed by atoms with Crippen molar-refractivity contribution in [2.75, 3.05) is 4.90 Å². The van der Waals surface area contributed by atoms with E-state index in [0.29, 0.717) is 5.11 Å². The van der Waals surface area contributed by atoms with Gasteiger partial charge in [0.2, 0.25) is 0 Å². The summed E-state index contributed by atoms with van der Waals surface area (Å²) in [6, 6.07) is 29.0. The summed E-state index contributed by atoms with van der Waals surface area (Å²) in [5.41, 5.74) is 5.48. The van der Waals surface area contributed by atoms with Crippen LogP contribution in [0.25, 0.3) is 5.69 Å². The third kappa shape index (κ3) is 3.66. The molecule has 1 N–H and O–H groups in total. The molecule has 1 aliphatic heterocycles. The minimum Gasteiger partial charge on any atom is -0.351 e. The molecule has 0 bridgehead atoms. The molecule has 1 aliphatic rings. The summed E-state index contributed by atoms with van der Waals surface area (Å²) < 4.78 is 3.35. The number of hydrogen-bond acceptors (Lipinski definition) is 2. The Morgan fingerprint density at radius 2 is 1.61 bits per heavy atom. The van der Waals surface area contributed by atoms with Crippen LogP contribution in [0.2, 0.25) is 0 Å². The molecule has 2 aromatic carbocycles. The highest BCUT2D eigenvalue weighted by molar-refractivity contribution is 9.10. The van der Waals surface area contributed by atoms with Crippen molar-refractivity contribution in [3.05, 3.63) is 113 Å². The molecule has 0 saturated carbocycles. The van der Waals surface area contributed by atoms with E-state index in [1.807, 2.05) is 36.5 Å². The predicted molar refractivity (Wildman–Crippen MR) is 133 cm³/mol. The molecule has 0 unspecified atom stereocenters. The van der Waals surface area contributed by atoms with Crippen LogP contribution < -0.4 is 10.2 Å². The van der Waals surface area contributed by atoms with E-state index in [-0.39, 0.29) is 12.1 Å². The molecule has 2 atom stereocenters. The monoisotopic (exact) mass is 488 g/mol. The normalized spacial score (nSPS) is 18.3. The van der Waals surface area contributed by atoms with E-state index >= 15 is 0 Å². The lowest BCUT2D eigenvalue weighted by Crippen LogP contribution is -2.30. The van der Waals surface area contributed by atoms with Gasteiger partial charge in [0.15, 0.2) is 5.11 Å². The highest BCUT2D eigenvalue weighted by atomic mass is 79.9. The lowest BCUT2D eigenvalue weighted by atomic mass is 10.0. The van der Waals surface area contributed by atoms with Crippen molar-refractivity contribution in [2.45, 2.75) is 19.0 Å². The maximum absolute atomic E-state index is 5.84. The van der Waals surface area contributed by atoms with Crippen molar-refractivity contribution in [1.29, 1.82) is 0 Å². The number of halogens is 1. The van der Waals surface area contributed by atoms with Gasteiger partial charge < -0.3 is 14.8 Å². The largest absolute Gasteiger partial charge is 0.351 e. The smallest absolute Gasteiger partial charge is 0.174 e. The standard InChI is InChI=1S/C25H21BrN4S/c1-17-10-15-22(29(17)19-7-3-2-4-8-19)24-23(21-9-5-6-16-27-21)28-25(31)30(24)20-13-11-18(26)12-14-20/h2-16,23-24H,1H3,(H,28,31)/t23-,24-/m0/s1. The third-order valence-electron chi connectivity index (χ3n) is 5.63. The molecule has 4 aromatic rings. The molecule has 1 saturated heterocycles. The fourth-order valence-corrected chi connectivity index (χ4v) is 4.86. The number of para-hydroxylation sites is 1. The van der Waals surface area contributed by atoms with E-state index in [1.54, 1.807) is 0 Å². The molecule has 6 heteroatoms. The summed E-state index contributed by atoms with van der Waals surface area (Å²) in [5, 5.41) is 4.24. The number of nitrogens with zero attached hydrogens (tertiary/aromatic N) is 3. The van der Waals surface area contributed by atoms with Crippen LogP contribution >= 0.6 is 28.1 Å². The summed E-state index contributed by atoms with van der Waals surface area (Å²) in [5.74, 6) is 0. The molecule has 5 rings (SSSR count). The minimum absolute atomic E-state index is 0.0579. The summed E-state index contributed by atoms with van der Waals surface area (Å²) in [6.45, 7) is 2.14. The van der Waals surface area contributed by atoms with Crippen molar-refractivity contribution >= 4 is 38.9 Å². The van der Waals surface area contributed by atoms with Crippen LogP contribution in [0.3, 0.4) is 0 Å². The van der Waals surface area contributed by atoms with Gasteiger partial charge in [0.25, 0.3) is 0 Å². The number of aromatic nitrogens is 2. The van der Waals surface area contributed by atoms with Gasteiger partial charge in [0.05, 0.1) is 11.7 Å². The molecule has 3 heterocycles. The lowest BCUT2D eigenvalue weighted by Gasteiger charge is -2.29. The van der Waals surface area contributed by atoms with E-state index in [0.717, 1.165) is 27.2 Å². The van der Waals surface area contributed by atoms with E-state index < -0.39 is 0 Å². The molecule has 0 radical (unpaired) electrons. The van der Waals surface area contributed by atoms with Crippen molar-refractivity contribution in [3.8, 4) is 5.69 Å². The van der Waals surface area contributed by atoms with Crippen molar-refractivity contribution in [3.63, 3.8) is 0 Å². The molecule has 154 valence electrons. The number of pyridine rings is 1. The predicted octanol–water partition coefficient (Wildman–Crippen LogP) is 6.12. The van der Waals surface area contributed by atoms with Crippen LogP contribution in [-0.4, -0.2) is 14.7 Å². The highest BCUT2D eigenvalue weighted by Gasteiger charge is 2.42. The zero-order valence-corrected chi connectivity index (χ0v) is 19.3. The lowest BCUT2D eigenvalue weighted by molar-refractivity contribution is 0.548. The SMILES string of the molecule is Cc1ccc([C@H]2[C@H](c3ccccn3)NC(=S)N2c2ccc(Br)cc2)n1-c1ccccc1. The number of benzene rings is 2. The van der Waals surface area contributed by atoms with Crippen LogP contribution in [0.15, 0.2) is 95.6 Å². The average molecular weight is 489 g/mol. The Hall–Kier alpha value is -2.96. The first-order valence-electron chi connectivity index (χ1n) is 10.1. The molecular weight excluding hydrogens is 468 g/mol. The van der Waals surface area contributed by atoms with Crippen LogP contribution in [0.4, 0.5) is 5.69 Å². The Labute approximate surface area is 195 Å². The zero-order valence-electron chi connectivity index (χ0n) is 16.9. The molecule has 4 nitrogen and oxygen atoms in total. The topological polar surface area (TPSA) is 33.1 Å². The molecule has 0 spiro atoms. The van der Waals surface area contributed by atoms with E-state index in [4.69, 9.17) is 12.2 Å². The van der Waals surface area contributed by atoms with Gasteiger partial charge in [-0.25, -0.2) is 0 Å². The van der Waals surface area contributed by atoms with Crippen molar-refractivity contribution in [2.24, 2.45) is 0 Å². The quantitative estimate of drug-likeness (QED) is 0.350. The molecule has 2 aromatic heterocycles. The maximum atomic E-state index is 5.84. The van der Waals surface area contributed by atoms with Crippen LogP contribution in [0, 0.1) is 6.92 Å². The minimum atomic E-state index is -0.0749. The average Bonchev–Trinajstić information content (AvgIpc) is 3.35. The number of anilines is 1. The van der Waals surface area contributed by atoms with Gasteiger partial charge in [-0.1, -0.05) is 40.2 Å². The van der Waals surface area contributed by atoms with Gasteiger partial charge in [0.1, 0.15) is 6.04 Å². The second-order valence-corrected chi connectivity index (χ2v) is 8.85. The van der Waals surface area contributed by atoms with Crippen molar-refractivity contribution < 1.29 is 0 Å². The summed E-state index contributed by atoms with van der Waals surface area (Å²) in [7, 11) is 0. The van der Waals surface area contributed by atoms with E-state index in [2.05, 4.69) is 97.2 Å². The summed E-state index contributed by atoms with van der Waals surface area (Å²) in [6.07, 6.45) is 1.83. The number of rotatable bonds is 4. The fraction of sp³-hybridized carbons (Fsp3) is 0.120. The number of hydrogen-bond donors (Lipinski definition) is 1. The Bertz CT molecular complexity index is 1210. The maximum Gasteiger partial charge on any atom is 0.174 e. The Morgan fingerprint density at radius 3 is 2.32 bits per heavy atom. The Morgan fingerprint density at radius 1 is 0.871 bits per heavy atom. The second-order valence-electron chi connectivity index (χ2n) is 7.54. The van der Waals surface area contributed by atoms with E-state index in [9.17, 15) is 0 Å². The molecule has 0 aliphatic carbocycles. The van der Waals surface area contributed by atoms with E-state index in [1.165, 1.54) is 5.69 Å². The highest BCUT2D eigenvalue weighted by Crippen LogP contribution is 2.42. The number of thiocarbonyl (C=S) groups is 1. The molecule has 1 fully saturated rings. The summed E-state index contributed by atoms with van der Waals surface area (Å²) in [4.78, 5) is 6.86. The van der Waals surface area contributed by atoms with Crippen molar-refractivity contribution in [1.82, 2.24) is 14.9 Å². The first kappa shape index (κ1) is 20.0. The first-order chi connectivity index (χ1) is 15.1. The zero-order chi connectivity index (χ0) is 21.4. The summed E-state index contributed by atoms with van der Waals surface area (Å²) >= 11 is 9.38. The van der Waals surface area contributed by atoms with Gasteiger partial charge in [-0.3, -0.25) is 4.98 Å². The first-order valence-corrected chi connectivity index (χ1v) is 11.3. The molecule has 31 heavy (non-hydrogen) atoms. The number of aryl methyl sites for hydroxylation is 1. The Balaban J connectivity index is 1.70. The molecular formula is C25H21BrN4S. The Kier molecular flexibility index (Phi) is 5.34. The molecule has 0 amide bonds. The number of nitrogens with one attached hydrogen (secondary N) is 1. The van der Waals surface area contributed by atoms with Crippen LogP contribution in [0.5, 0.6) is 0 Å². The van der Waals surface area contributed by atoms with Gasteiger partial charge in [-0.15, -0.1) is 0 Å². The van der Waals surface area contributed by atoms with Gasteiger partial charge in [-0.2, -0.15) is 0 Å². The van der Waals surface area contributed by atoms with Crippen LogP contribution in [0.1, 0.15) is 29.2 Å². The second kappa shape index (κ2) is 8.29. The fourth-order valence-electron chi connectivity index (χ4n) is 4.25. The third-order valence-corrected chi connectivity index (χ3v) is 6.47.